The maximum Gasteiger partial charge on any atom is 0.306 e. The molecule has 0 aliphatic rings. The van der Waals surface area contributed by atoms with Crippen molar-refractivity contribution in [1.29, 1.82) is 0 Å². The van der Waals surface area contributed by atoms with E-state index in [1.807, 2.05) is 0 Å². The van der Waals surface area contributed by atoms with Gasteiger partial charge in [0, 0.05) is 19.3 Å². The monoisotopic (exact) mass is 943 g/mol. The van der Waals surface area contributed by atoms with E-state index in [2.05, 4.69) is 130 Å². The standard InChI is InChI=1S/C62H102O6/c1-4-7-10-13-16-19-22-25-28-30-31-33-34-37-40-43-46-49-52-55-61(64)67-58-59(57-66-60(63)54-51-48-45-42-39-36-27-24-21-18-15-12-9-6-3)68-62(65)56-53-50-47-44-41-38-35-32-29-26-23-20-17-14-11-8-5-2/h7,9-10,12,16,18-19,21,25-26,28-29,31,33,35,38,44,47,59H,4-6,8,11,13-15,17,20,22-24,27,30,32,34,36-37,39-43,45-46,48-58H2,1-3H3/b10-7-,12-9-,19-16-,21-18-,28-25-,29-26-,33-31-,38-35-,47-44-. The van der Waals surface area contributed by atoms with Crippen molar-refractivity contribution in [3.05, 3.63) is 109 Å². The van der Waals surface area contributed by atoms with Gasteiger partial charge in [0.25, 0.3) is 0 Å². The Morgan fingerprint density at radius 3 is 0.941 bits per heavy atom. The summed E-state index contributed by atoms with van der Waals surface area (Å²) in [6.45, 7) is 6.35. The Kier molecular flexibility index (Phi) is 52.4. The van der Waals surface area contributed by atoms with Crippen molar-refractivity contribution in [3.8, 4) is 0 Å². The molecular weight excluding hydrogens is 841 g/mol. The highest BCUT2D eigenvalue weighted by atomic mass is 16.6. The van der Waals surface area contributed by atoms with E-state index in [1.165, 1.54) is 83.5 Å². The van der Waals surface area contributed by atoms with Gasteiger partial charge in [0.1, 0.15) is 13.2 Å². The van der Waals surface area contributed by atoms with Crippen LogP contribution >= 0.6 is 0 Å². The number of carbonyl (C=O) groups excluding carboxylic acids is 3. The van der Waals surface area contributed by atoms with Crippen molar-refractivity contribution >= 4 is 17.9 Å². The van der Waals surface area contributed by atoms with Gasteiger partial charge in [-0.05, 0) is 116 Å². The number of allylic oxidation sites excluding steroid dienone is 18. The van der Waals surface area contributed by atoms with Crippen molar-refractivity contribution in [2.24, 2.45) is 0 Å². The lowest BCUT2D eigenvalue weighted by atomic mass is 10.1. The maximum atomic E-state index is 12.8. The molecule has 6 nitrogen and oxygen atoms in total. The zero-order valence-electron chi connectivity index (χ0n) is 44.1. The molecule has 0 radical (unpaired) electrons. The van der Waals surface area contributed by atoms with Crippen LogP contribution in [0.1, 0.15) is 245 Å². The minimum Gasteiger partial charge on any atom is -0.462 e. The molecule has 0 heterocycles. The summed E-state index contributed by atoms with van der Waals surface area (Å²) in [6, 6.07) is 0. The van der Waals surface area contributed by atoms with Gasteiger partial charge < -0.3 is 14.2 Å². The Bertz CT molecular complexity index is 1410. The van der Waals surface area contributed by atoms with E-state index in [1.54, 1.807) is 0 Å². The van der Waals surface area contributed by atoms with Crippen LogP contribution in [0, 0.1) is 0 Å². The summed E-state index contributed by atoms with van der Waals surface area (Å²) >= 11 is 0. The lowest BCUT2D eigenvalue weighted by molar-refractivity contribution is -0.167. The maximum absolute atomic E-state index is 12.8. The minimum atomic E-state index is -0.816. The molecule has 0 saturated heterocycles. The molecule has 0 amide bonds. The summed E-state index contributed by atoms with van der Waals surface area (Å²) in [6.07, 6.45) is 75.1. The quantitative estimate of drug-likeness (QED) is 0.0262. The first kappa shape index (κ1) is 64.1. The normalized spacial score (nSPS) is 12.9. The number of rotatable bonds is 49. The predicted molar refractivity (Wildman–Crippen MR) is 293 cm³/mol. The first-order valence-electron chi connectivity index (χ1n) is 27.9. The molecular formula is C62H102O6. The molecule has 68 heavy (non-hydrogen) atoms. The summed E-state index contributed by atoms with van der Waals surface area (Å²) in [5.74, 6) is -0.985. The third-order valence-corrected chi connectivity index (χ3v) is 11.5. The first-order valence-corrected chi connectivity index (χ1v) is 27.9. The Hall–Kier alpha value is -3.93. The van der Waals surface area contributed by atoms with E-state index >= 15 is 0 Å². The average molecular weight is 943 g/mol. The Balaban J connectivity index is 4.50. The van der Waals surface area contributed by atoms with Gasteiger partial charge in [0.05, 0.1) is 0 Å². The second-order valence-electron chi connectivity index (χ2n) is 18.1. The highest BCUT2D eigenvalue weighted by molar-refractivity contribution is 5.71. The molecule has 0 saturated carbocycles. The van der Waals surface area contributed by atoms with Gasteiger partial charge in [0.15, 0.2) is 6.10 Å². The third-order valence-electron chi connectivity index (χ3n) is 11.5. The molecule has 0 spiro atoms. The van der Waals surface area contributed by atoms with Crippen molar-refractivity contribution in [2.75, 3.05) is 13.2 Å². The fourth-order valence-corrected chi connectivity index (χ4v) is 7.37. The third kappa shape index (κ3) is 53.0. The number of ether oxygens (including phenoxy) is 3. The molecule has 1 atom stereocenters. The van der Waals surface area contributed by atoms with Crippen molar-refractivity contribution in [1.82, 2.24) is 0 Å². The lowest BCUT2D eigenvalue weighted by Gasteiger charge is -2.18. The van der Waals surface area contributed by atoms with Crippen LogP contribution in [0.2, 0.25) is 0 Å². The van der Waals surface area contributed by atoms with Crippen LogP contribution in [0.5, 0.6) is 0 Å². The molecule has 0 fully saturated rings. The van der Waals surface area contributed by atoms with E-state index in [0.29, 0.717) is 19.3 Å². The molecule has 0 aromatic rings. The Labute approximate surface area is 419 Å². The number of carbonyl (C=O) groups is 3. The topological polar surface area (TPSA) is 78.9 Å². The summed E-state index contributed by atoms with van der Waals surface area (Å²) in [5, 5.41) is 0. The van der Waals surface area contributed by atoms with Crippen LogP contribution in [0.4, 0.5) is 0 Å². The summed E-state index contributed by atoms with van der Waals surface area (Å²) in [4.78, 5) is 38.1. The lowest BCUT2D eigenvalue weighted by Crippen LogP contribution is -2.30. The van der Waals surface area contributed by atoms with E-state index in [9.17, 15) is 14.4 Å². The van der Waals surface area contributed by atoms with Gasteiger partial charge >= 0.3 is 17.9 Å². The minimum absolute atomic E-state index is 0.109. The average Bonchev–Trinajstić information content (AvgIpc) is 3.34. The highest BCUT2D eigenvalue weighted by Crippen LogP contribution is 2.13. The number of hydrogen-bond acceptors (Lipinski definition) is 6. The first-order chi connectivity index (χ1) is 33.5. The smallest absolute Gasteiger partial charge is 0.306 e. The molecule has 0 rings (SSSR count). The number of hydrogen-bond donors (Lipinski definition) is 0. The molecule has 1 unspecified atom stereocenters. The van der Waals surface area contributed by atoms with Gasteiger partial charge in [-0.15, -0.1) is 0 Å². The van der Waals surface area contributed by atoms with Crippen molar-refractivity contribution in [3.63, 3.8) is 0 Å². The van der Waals surface area contributed by atoms with Gasteiger partial charge in [-0.2, -0.15) is 0 Å². The SMILES string of the molecule is CC/C=C\C/C=C\C/C=C\C/C=C\CCCCCCCCC(=O)OCC(COC(=O)CCCCCCCCC/C=C\C/C=C\CC)OC(=O)CCC/C=C\C/C=C\C/C=C\CCCCCCCC. The molecule has 0 bridgehead atoms. The second-order valence-corrected chi connectivity index (χ2v) is 18.1. The van der Waals surface area contributed by atoms with Gasteiger partial charge in [-0.3, -0.25) is 14.4 Å². The molecule has 0 aromatic carbocycles. The fourth-order valence-electron chi connectivity index (χ4n) is 7.37. The van der Waals surface area contributed by atoms with Gasteiger partial charge in [0.2, 0.25) is 0 Å². The zero-order chi connectivity index (χ0) is 49.3. The van der Waals surface area contributed by atoms with Crippen LogP contribution in [0.15, 0.2) is 109 Å². The Morgan fingerprint density at radius 2 is 0.588 bits per heavy atom. The summed E-state index contributed by atoms with van der Waals surface area (Å²) in [5.41, 5.74) is 0. The van der Waals surface area contributed by atoms with E-state index < -0.39 is 6.10 Å². The molecule has 0 aliphatic carbocycles. The largest absolute Gasteiger partial charge is 0.462 e. The van der Waals surface area contributed by atoms with E-state index in [0.717, 1.165) is 116 Å². The van der Waals surface area contributed by atoms with Gasteiger partial charge in [-0.25, -0.2) is 0 Å². The van der Waals surface area contributed by atoms with E-state index in [-0.39, 0.29) is 37.5 Å². The molecule has 0 N–H and O–H groups in total. The fraction of sp³-hybridized carbons (Fsp3) is 0.661. The van der Waals surface area contributed by atoms with Gasteiger partial charge in [-0.1, -0.05) is 220 Å². The van der Waals surface area contributed by atoms with Crippen LogP contribution in [0.3, 0.4) is 0 Å². The second kappa shape index (κ2) is 55.7. The molecule has 0 aromatic heterocycles. The van der Waals surface area contributed by atoms with Crippen molar-refractivity contribution in [2.45, 2.75) is 252 Å². The molecule has 6 heteroatoms. The molecule has 386 valence electrons. The summed E-state index contributed by atoms with van der Waals surface area (Å²) in [7, 11) is 0. The highest BCUT2D eigenvalue weighted by Gasteiger charge is 2.19. The number of unbranched alkanes of at least 4 members (excludes halogenated alkanes) is 20. The van der Waals surface area contributed by atoms with Crippen LogP contribution in [-0.2, 0) is 28.6 Å². The van der Waals surface area contributed by atoms with Crippen LogP contribution in [-0.4, -0.2) is 37.2 Å². The summed E-state index contributed by atoms with van der Waals surface area (Å²) < 4.78 is 16.8. The zero-order valence-corrected chi connectivity index (χ0v) is 44.1. The van der Waals surface area contributed by atoms with E-state index in [4.69, 9.17) is 14.2 Å². The Morgan fingerprint density at radius 1 is 0.309 bits per heavy atom. The van der Waals surface area contributed by atoms with Crippen LogP contribution in [0.25, 0.3) is 0 Å². The van der Waals surface area contributed by atoms with Crippen molar-refractivity contribution < 1.29 is 28.6 Å². The predicted octanol–water partition coefficient (Wildman–Crippen LogP) is 18.7. The van der Waals surface area contributed by atoms with Crippen LogP contribution < -0.4 is 0 Å². The molecule has 0 aliphatic heterocycles. The number of esters is 3.